The number of rotatable bonds is 8. The zero-order chi connectivity index (χ0) is 19.1. The van der Waals surface area contributed by atoms with Crippen molar-refractivity contribution in [2.45, 2.75) is 6.04 Å². The Kier molecular flexibility index (Phi) is 6.28. The fourth-order valence-corrected chi connectivity index (χ4v) is 2.87. The van der Waals surface area contributed by atoms with Crippen molar-refractivity contribution >= 4 is 5.91 Å². The van der Waals surface area contributed by atoms with Gasteiger partial charge in [-0.15, -0.1) is 0 Å². The zero-order valence-corrected chi connectivity index (χ0v) is 15.6. The molecular formula is C22H24N2O3. The van der Waals surface area contributed by atoms with Crippen molar-refractivity contribution in [1.82, 2.24) is 10.2 Å². The highest BCUT2D eigenvalue weighted by atomic mass is 16.5. The molecule has 1 atom stereocenters. The highest BCUT2D eigenvalue weighted by Gasteiger charge is 2.18. The van der Waals surface area contributed by atoms with E-state index in [1.165, 1.54) is 0 Å². The van der Waals surface area contributed by atoms with Gasteiger partial charge in [0.15, 0.2) is 6.61 Å². The van der Waals surface area contributed by atoms with Crippen molar-refractivity contribution in [2.24, 2.45) is 0 Å². The predicted octanol–water partition coefficient (Wildman–Crippen LogP) is 3.74. The first kappa shape index (κ1) is 18.7. The Balaban J connectivity index is 1.58. The van der Waals surface area contributed by atoms with Crippen molar-refractivity contribution in [1.29, 1.82) is 0 Å². The number of carbonyl (C=O) groups is 1. The highest BCUT2D eigenvalue weighted by molar-refractivity contribution is 5.78. The molecule has 3 aromatic rings. The number of amides is 1. The quantitative estimate of drug-likeness (QED) is 0.661. The van der Waals surface area contributed by atoms with E-state index in [1.807, 2.05) is 85.7 Å². The number of benzene rings is 2. The summed E-state index contributed by atoms with van der Waals surface area (Å²) in [6.45, 7) is 0.408. The average Bonchev–Trinajstić information content (AvgIpc) is 3.21. The Labute approximate surface area is 159 Å². The van der Waals surface area contributed by atoms with E-state index in [0.29, 0.717) is 12.3 Å². The Morgan fingerprint density at radius 3 is 2.48 bits per heavy atom. The molecule has 0 radical (unpaired) electrons. The Bertz CT molecular complexity index is 845. The van der Waals surface area contributed by atoms with Crippen molar-refractivity contribution < 1.29 is 13.9 Å². The van der Waals surface area contributed by atoms with Crippen LogP contribution in [0.4, 0.5) is 0 Å². The molecule has 1 unspecified atom stereocenters. The maximum absolute atomic E-state index is 12.3. The fraction of sp³-hybridized carbons (Fsp3) is 0.227. The summed E-state index contributed by atoms with van der Waals surface area (Å²) >= 11 is 0. The summed E-state index contributed by atoms with van der Waals surface area (Å²) in [7, 11) is 3.90. The molecule has 0 saturated heterocycles. The molecular weight excluding hydrogens is 340 g/mol. The molecule has 27 heavy (non-hydrogen) atoms. The maximum Gasteiger partial charge on any atom is 0.258 e. The molecule has 3 rings (SSSR count). The summed E-state index contributed by atoms with van der Waals surface area (Å²) in [6.07, 6.45) is 1.64. The van der Waals surface area contributed by atoms with Gasteiger partial charge in [-0.2, -0.15) is 0 Å². The second-order valence-electron chi connectivity index (χ2n) is 6.45. The third-order valence-electron chi connectivity index (χ3n) is 4.32. The molecule has 1 heterocycles. The van der Waals surface area contributed by atoms with Crippen LogP contribution in [0.3, 0.4) is 0 Å². The maximum atomic E-state index is 12.3. The number of likely N-dealkylation sites (N-methyl/N-ethyl adjacent to an activating group) is 1. The average molecular weight is 364 g/mol. The molecule has 1 amide bonds. The molecule has 0 aliphatic heterocycles. The van der Waals surface area contributed by atoms with E-state index < -0.39 is 0 Å². The van der Waals surface area contributed by atoms with Crippen LogP contribution in [0.15, 0.2) is 77.4 Å². The molecule has 5 nitrogen and oxygen atoms in total. The number of hydrogen-bond acceptors (Lipinski definition) is 4. The van der Waals surface area contributed by atoms with Crippen molar-refractivity contribution in [3.63, 3.8) is 0 Å². The summed E-state index contributed by atoms with van der Waals surface area (Å²) in [5.41, 5.74) is 2.02. The lowest BCUT2D eigenvalue weighted by Crippen LogP contribution is -2.36. The molecule has 0 spiro atoms. The van der Waals surface area contributed by atoms with Crippen LogP contribution < -0.4 is 10.1 Å². The Morgan fingerprint density at radius 2 is 1.78 bits per heavy atom. The van der Waals surface area contributed by atoms with Gasteiger partial charge in [0.05, 0.1) is 12.3 Å². The first-order valence-corrected chi connectivity index (χ1v) is 8.89. The van der Waals surface area contributed by atoms with Crippen LogP contribution in [-0.4, -0.2) is 38.1 Å². The largest absolute Gasteiger partial charge is 0.483 e. The normalized spacial score (nSPS) is 12.0. The van der Waals surface area contributed by atoms with Gasteiger partial charge in [0.25, 0.3) is 5.91 Å². The van der Waals surface area contributed by atoms with E-state index in [2.05, 4.69) is 5.32 Å². The first-order valence-electron chi connectivity index (χ1n) is 8.89. The first-order chi connectivity index (χ1) is 13.1. The standard InChI is InChI=1S/C22H24N2O3/c1-24(2)19(21-13-8-14-26-21)15-23-22(25)16-27-20-12-7-6-11-18(20)17-9-4-3-5-10-17/h3-14,19H,15-16H2,1-2H3,(H,23,25). The van der Waals surface area contributed by atoms with E-state index in [9.17, 15) is 4.79 Å². The van der Waals surface area contributed by atoms with E-state index in [0.717, 1.165) is 16.9 Å². The monoisotopic (exact) mass is 364 g/mol. The number of carbonyl (C=O) groups excluding carboxylic acids is 1. The van der Waals surface area contributed by atoms with E-state index in [-0.39, 0.29) is 18.6 Å². The molecule has 0 saturated carbocycles. The van der Waals surface area contributed by atoms with Gasteiger partial charge < -0.3 is 14.5 Å². The molecule has 1 N–H and O–H groups in total. The third-order valence-corrected chi connectivity index (χ3v) is 4.32. The van der Waals surface area contributed by atoms with Gasteiger partial charge in [-0.25, -0.2) is 0 Å². The lowest BCUT2D eigenvalue weighted by molar-refractivity contribution is -0.123. The summed E-state index contributed by atoms with van der Waals surface area (Å²) in [5, 5.41) is 2.92. The van der Waals surface area contributed by atoms with Crippen LogP contribution in [0.1, 0.15) is 11.8 Å². The van der Waals surface area contributed by atoms with Crippen LogP contribution in [-0.2, 0) is 4.79 Å². The topological polar surface area (TPSA) is 54.7 Å². The van der Waals surface area contributed by atoms with Gasteiger partial charge >= 0.3 is 0 Å². The lowest BCUT2D eigenvalue weighted by atomic mass is 10.1. The number of nitrogens with zero attached hydrogens (tertiary/aromatic N) is 1. The second kappa shape index (κ2) is 9.05. The molecule has 0 aliphatic carbocycles. The molecule has 5 heteroatoms. The molecule has 140 valence electrons. The summed E-state index contributed by atoms with van der Waals surface area (Å²) in [5.74, 6) is 1.33. The van der Waals surface area contributed by atoms with Crippen LogP contribution in [0.25, 0.3) is 11.1 Å². The van der Waals surface area contributed by atoms with Gasteiger partial charge in [0, 0.05) is 12.1 Å². The van der Waals surface area contributed by atoms with E-state index in [4.69, 9.17) is 9.15 Å². The number of para-hydroxylation sites is 1. The van der Waals surface area contributed by atoms with Gasteiger partial charge in [-0.1, -0.05) is 48.5 Å². The summed E-state index contributed by atoms with van der Waals surface area (Å²) in [4.78, 5) is 14.3. The van der Waals surface area contributed by atoms with Gasteiger partial charge in [0.2, 0.25) is 0 Å². The smallest absolute Gasteiger partial charge is 0.258 e. The van der Waals surface area contributed by atoms with Gasteiger partial charge in [-0.05, 0) is 37.9 Å². The van der Waals surface area contributed by atoms with Gasteiger partial charge in [-0.3, -0.25) is 9.69 Å². The SMILES string of the molecule is CN(C)C(CNC(=O)COc1ccccc1-c1ccccc1)c1ccco1. The summed E-state index contributed by atoms with van der Waals surface area (Å²) < 4.78 is 11.2. The van der Waals surface area contributed by atoms with Gasteiger partial charge in [0.1, 0.15) is 11.5 Å². The lowest BCUT2D eigenvalue weighted by Gasteiger charge is -2.22. The third kappa shape index (κ3) is 4.99. The second-order valence-corrected chi connectivity index (χ2v) is 6.45. The van der Waals surface area contributed by atoms with E-state index >= 15 is 0 Å². The minimum atomic E-state index is -0.170. The number of hydrogen-bond donors (Lipinski definition) is 1. The molecule has 0 bridgehead atoms. The Hall–Kier alpha value is -3.05. The fourth-order valence-electron chi connectivity index (χ4n) is 2.87. The van der Waals surface area contributed by atoms with Crippen LogP contribution >= 0.6 is 0 Å². The predicted molar refractivity (Wildman–Crippen MR) is 106 cm³/mol. The Morgan fingerprint density at radius 1 is 1.04 bits per heavy atom. The van der Waals surface area contributed by atoms with Crippen LogP contribution in [0, 0.1) is 0 Å². The van der Waals surface area contributed by atoms with Crippen molar-refractivity contribution in [3.05, 3.63) is 78.8 Å². The molecule has 0 aliphatic rings. The van der Waals surface area contributed by atoms with E-state index in [1.54, 1.807) is 6.26 Å². The molecule has 2 aromatic carbocycles. The molecule has 1 aromatic heterocycles. The van der Waals surface area contributed by atoms with Crippen LogP contribution in [0.5, 0.6) is 5.75 Å². The molecule has 0 fully saturated rings. The summed E-state index contributed by atoms with van der Waals surface area (Å²) in [6, 6.07) is 21.4. The van der Waals surface area contributed by atoms with Crippen molar-refractivity contribution in [3.8, 4) is 16.9 Å². The van der Waals surface area contributed by atoms with Crippen molar-refractivity contribution in [2.75, 3.05) is 27.2 Å². The minimum Gasteiger partial charge on any atom is -0.483 e. The minimum absolute atomic E-state index is 0.0273. The number of furan rings is 1. The number of nitrogens with one attached hydrogen (secondary N) is 1. The highest BCUT2D eigenvalue weighted by Crippen LogP contribution is 2.29. The zero-order valence-electron chi connectivity index (χ0n) is 15.6. The number of ether oxygens (including phenoxy) is 1. The van der Waals surface area contributed by atoms with Crippen LogP contribution in [0.2, 0.25) is 0 Å².